The van der Waals surface area contributed by atoms with Gasteiger partial charge in [-0.25, -0.2) is 0 Å². The van der Waals surface area contributed by atoms with Crippen LogP contribution in [0.5, 0.6) is 17.2 Å². The zero-order chi connectivity index (χ0) is 21.9. The van der Waals surface area contributed by atoms with E-state index in [-0.39, 0.29) is 11.5 Å². The van der Waals surface area contributed by atoms with Crippen LogP contribution in [-0.4, -0.2) is 42.9 Å². The van der Waals surface area contributed by atoms with E-state index in [1.54, 1.807) is 24.3 Å². The Labute approximate surface area is 180 Å². The normalized spacial score (nSPS) is 10.8. The number of ether oxygens (including phenoxy) is 3. The maximum absolute atomic E-state index is 12.7. The van der Waals surface area contributed by atoms with E-state index < -0.39 is 5.97 Å². The summed E-state index contributed by atoms with van der Waals surface area (Å²) in [5.74, 6) is 0.517. The molecule has 0 amide bonds. The van der Waals surface area contributed by atoms with E-state index >= 15 is 0 Å². The molecule has 0 aliphatic carbocycles. The van der Waals surface area contributed by atoms with Gasteiger partial charge in [0.05, 0.1) is 26.1 Å². The van der Waals surface area contributed by atoms with Crippen LogP contribution in [0.3, 0.4) is 0 Å². The van der Waals surface area contributed by atoms with Gasteiger partial charge in [-0.05, 0) is 49.8 Å². The SMILES string of the molecule is CCCOc1c(/C=C/C(=O)c2ccc(SCC(=O)O)c(OC)c2)cccc1OCC. The first-order valence-electron chi connectivity index (χ1n) is 9.63. The summed E-state index contributed by atoms with van der Waals surface area (Å²) in [5.41, 5.74) is 1.20. The molecule has 0 radical (unpaired) electrons. The Balaban J connectivity index is 2.24. The standard InChI is InChI=1S/C23H26O6S/c1-4-13-29-23-16(7-6-8-19(23)28-5-2)9-11-18(24)17-10-12-21(20(14-17)27-3)30-15-22(25)26/h6-12,14H,4-5,13,15H2,1-3H3,(H,25,26)/b11-9+. The number of carboxylic acids is 1. The molecule has 7 heteroatoms. The van der Waals surface area contributed by atoms with Gasteiger partial charge in [-0.2, -0.15) is 0 Å². The van der Waals surface area contributed by atoms with Crippen LogP contribution in [0, 0.1) is 0 Å². The number of carboxylic acid groups (broad SMARTS) is 1. The van der Waals surface area contributed by atoms with Gasteiger partial charge in [0.15, 0.2) is 17.3 Å². The third kappa shape index (κ3) is 6.56. The van der Waals surface area contributed by atoms with Crippen molar-refractivity contribution in [2.45, 2.75) is 25.2 Å². The molecule has 0 unspecified atom stereocenters. The van der Waals surface area contributed by atoms with Crippen molar-refractivity contribution in [1.29, 1.82) is 0 Å². The Kier molecular flexibility index (Phi) is 9.28. The molecule has 0 heterocycles. The van der Waals surface area contributed by atoms with E-state index in [9.17, 15) is 9.59 Å². The number of allylic oxidation sites excluding steroid dienone is 1. The predicted octanol–water partition coefficient (Wildman–Crippen LogP) is 4.96. The van der Waals surface area contributed by atoms with Gasteiger partial charge < -0.3 is 19.3 Å². The Morgan fingerprint density at radius 3 is 2.57 bits per heavy atom. The summed E-state index contributed by atoms with van der Waals surface area (Å²) in [6, 6.07) is 10.5. The number of hydrogen-bond donors (Lipinski definition) is 1. The smallest absolute Gasteiger partial charge is 0.313 e. The van der Waals surface area contributed by atoms with Crippen molar-refractivity contribution >= 4 is 29.6 Å². The number of para-hydroxylation sites is 1. The lowest BCUT2D eigenvalue weighted by atomic mass is 10.1. The molecule has 2 rings (SSSR count). The molecule has 6 nitrogen and oxygen atoms in total. The van der Waals surface area contributed by atoms with Crippen LogP contribution in [0.15, 0.2) is 47.4 Å². The molecular weight excluding hydrogens is 404 g/mol. The van der Waals surface area contributed by atoms with Crippen LogP contribution in [0.2, 0.25) is 0 Å². The molecule has 0 aliphatic rings. The molecule has 0 bridgehead atoms. The summed E-state index contributed by atoms with van der Waals surface area (Å²) in [7, 11) is 1.49. The third-order valence-corrected chi connectivity index (χ3v) is 5.01. The topological polar surface area (TPSA) is 82.1 Å². The summed E-state index contributed by atoms with van der Waals surface area (Å²) < 4.78 is 16.8. The molecule has 0 spiro atoms. The Bertz CT molecular complexity index is 907. The number of thioether (sulfide) groups is 1. The van der Waals surface area contributed by atoms with Crippen LogP contribution in [0.25, 0.3) is 6.08 Å². The van der Waals surface area contributed by atoms with E-state index in [0.29, 0.717) is 40.9 Å². The Hall–Kier alpha value is -2.93. The van der Waals surface area contributed by atoms with Crippen LogP contribution in [0.4, 0.5) is 0 Å². The molecule has 2 aromatic carbocycles. The summed E-state index contributed by atoms with van der Waals surface area (Å²) in [6.07, 6.45) is 4.03. The van der Waals surface area contributed by atoms with Gasteiger partial charge >= 0.3 is 5.97 Å². The Morgan fingerprint density at radius 1 is 1.10 bits per heavy atom. The zero-order valence-electron chi connectivity index (χ0n) is 17.3. The lowest BCUT2D eigenvalue weighted by molar-refractivity contribution is -0.133. The largest absolute Gasteiger partial charge is 0.496 e. The lowest BCUT2D eigenvalue weighted by Crippen LogP contribution is -2.02. The fourth-order valence-electron chi connectivity index (χ4n) is 2.63. The van der Waals surface area contributed by atoms with Crippen molar-refractivity contribution in [3.8, 4) is 17.2 Å². The van der Waals surface area contributed by atoms with E-state index in [1.165, 1.54) is 13.2 Å². The van der Waals surface area contributed by atoms with Crippen LogP contribution < -0.4 is 14.2 Å². The minimum Gasteiger partial charge on any atom is -0.496 e. The summed E-state index contributed by atoms with van der Waals surface area (Å²) in [4.78, 5) is 24.1. The first kappa shape index (κ1) is 23.3. The molecule has 1 N–H and O–H groups in total. The first-order chi connectivity index (χ1) is 14.5. The van der Waals surface area contributed by atoms with E-state index in [0.717, 1.165) is 23.7 Å². The van der Waals surface area contributed by atoms with Crippen LogP contribution >= 0.6 is 11.8 Å². The van der Waals surface area contributed by atoms with E-state index in [4.69, 9.17) is 19.3 Å². The van der Waals surface area contributed by atoms with Crippen molar-refractivity contribution in [2.75, 3.05) is 26.1 Å². The predicted molar refractivity (Wildman–Crippen MR) is 118 cm³/mol. The van der Waals surface area contributed by atoms with Crippen molar-refractivity contribution in [3.05, 3.63) is 53.6 Å². The van der Waals surface area contributed by atoms with Gasteiger partial charge in [-0.1, -0.05) is 19.1 Å². The minimum absolute atomic E-state index is 0.0831. The lowest BCUT2D eigenvalue weighted by Gasteiger charge is -2.14. The van der Waals surface area contributed by atoms with Gasteiger partial charge in [-0.3, -0.25) is 9.59 Å². The Morgan fingerprint density at radius 2 is 1.90 bits per heavy atom. The highest BCUT2D eigenvalue weighted by atomic mass is 32.2. The number of hydrogen-bond acceptors (Lipinski definition) is 6. The molecule has 0 aliphatic heterocycles. The molecular formula is C23H26O6S. The average molecular weight is 431 g/mol. The molecule has 0 saturated heterocycles. The third-order valence-electron chi connectivity index (χ3n) is 3.97. The fourth-order valence-corrected chi connectivity index (χ4v) is 3.36. The molecule has 160 valence electrons. The van der Waals surface area contributed by atoms with E-state index in [2.05, 4.69) is 0 Å². The number of benzene rings is 2. The monoisotopic (exact) mass is 430 g/mol. The molecule has 0 fully saturated rings. The van der Waals surface area contributed by atoms with Gasteiger partial charge in [-0.15, -0.1) is 11.8 Å². The second kappa shape index (κ2) is 11.9. The highest BCUT2D eigenvalue weighted by molar-refractivity contribution is 8.00. The zero-order valence-corrected chi connectivity index (χ0v) is 18.2. The highest BCUT2D eigenvalue weighted by Gasteiger charge is 2.12. The average Bonchev–Trinajstić information content (AvgIpc) is 2.75. The van der Waals surface area contributed by atoms with Crippen LogP contribution in [0.1, 0.15) is 36.2 Å². The second-order valence-corrected chi connectivity index (χ2v) is 7.22. The maximum atomic E-state index is 12.7. The number of carbonyl (C=O) groups excluding carboxylic acids is 1. The molecule has 0 aromatic heterocycles. The molecule has 0 atom stereocenters. The molecule has 2 aromatic rings. The maximum Gasteiger partial charge on any atom is 0.313 e. The fraction of sp³-hybridized carbons (Fsp3) is 0.304. The number of aliphatic carboxylic acids is 1. The second-order valence-electron chi connectivity index (χ2n) is 6.20. The van der Waals surface area contributed by atoms with Crippen molar-refractivity contribution in [3.63, 3.8) is 0 Å². The number of methoxy groups -OCH3 is 1. The molecule has 0 saturated carbocycles. The summed E-state index contributed by atoms with van der Waals surface area (Å²) in [5, 5.41) is 8.84. The number of rotatable bonds is 12. The van der Waals surface area contributed by atoms with Gasteiger partial charge in [0.1, 0.15) is 5.75 Å². The van der Waals surface area contributed by atoms with Gasteiger partial charge in [0, 0.05) is 16.0 Å². The highest BCUT2D eigenvalue weighted by Crippen LogP contribution is 2.33. The van der Waals surface area contributed by atoms with Crippen LogP contribution in [-0.2, 0) is 4.79 Å². The minimum atomic E-state index is -0.916. The molecule has 30 heavy (non-hydrogen) atoms. The van der Waals surface area contributed by atoms with Crippen molar-refractivity contribution in [1.82, 2.24) is 0 Å². The van der Waals surface area contributed by atoms with Gasteiger partial charge in [0.25, 0.3) is 0 Å². The number of ketones is 1. The quantitative estimate of drug-likeness (QED) is 0.290. The van der Waals surface area contributed by atoms with Gasteiger partial charge in [0.2, 0.25) is 0 Å². The first-order valence-corrected chi connectivity index (χ1v) is 10.6. The van der Waals surface area contributed by atoms with Crippen molar-refractivity contribution in [2.24, 2.45) is 0 Å². The summed E-state index contributed by atoms with van der Waals surface area (Å²) in [6.45, 7) is 4.99. The number of carbonyl (C=O) groups is 2. The van der Waals surface area contributed by atoms with E-state index in [1.807, 2.05) is 32.0 Å². The summed E-state index contributed by atoms with van der Waals surface area (Å²) >= 11 is 1.14. The van der Waals surface area contributed by atoms with Crippen molar-refractivity contribution < 1.29 is 28.9 Å².